The molecule has 0 saturated heterocycles. The summed E-state index contributed by atoms with van der Waals surface area (Å²) < 4.78 is 10.9. The Morgan fingerprint density at radius 1 is 1.65 bits per heavy atom. The zero-order valence-corrected chi connectivity index (χ0v) is 9.97. The Hall–Kier alpha value is -1.91. The third kappa shape index (κ3) is 2.43. The van der Waals surface area contributed by atoms with E-state index in [4.69, 9.17) is 15.2 Å². The highest BCUT2D eigenvalue weighted by molar-refractivity contribution is 5.81. The first-order valence-electron chi connectivity index (χ1n) is 5.48. The standard InChI is InChI=1S/C12H16N2O3/c1-8-6-14(7-12(13)15)10-5-9(16-2)3-4-11(10)17-8/h3-5,8H,6-7H2,1-2H3,(H2,13,15)/t8-/m0/s1. The average Bonchev–Trinajstić information content (AvgIpc) is 2.27. The van der Waals surface area contributed by atoms with E-state index in [2.05, 4.69) is 0 Å². The third-order valence-corrected chi connectivity index (χ3v) is 2.66. The molecule has 0 saturated carbocycles. The molecule has 0 aromatic heterocycles. The Labute approximate surface area is 100 Å². The van der Waals surface area contributed by atoms with Crippen molar-refractivity contribution in [2.75, 3.05) is 25.1 Å². The van der Waals surface area contributed by atoms with Crippen molar-refractivity contribution >= 4 is 11.6 Å². The van der Waals surface area contributed by atoms with Crippen molar-refractivity contribution in [1.29, 1.82) is 0 Å². The number of hydrogen-bond acceptors (Lipinski definition) is 4. The molecule has 5 nitrogen and oxygen atoms in total. The summed E-state index contributed by atoms with van der Waals surface area (Å²) in [6, 6.07) is 5.53. The van der Waals surface area contributed by atoms with Crippen molar-refractivity contribution in [3.05, 3.63) is 18.2 Å². The highest BCUT2D eigenvalue weighted by Crippen LogP contribution is 2.36. The Balaban J connectivity index is 2.35. The molecule has 0 spiro atoms. The molecular formula is C12H16N2O3. The number of methoxy groups -OCH3 is 1. The molecule has 1 aromatic carbocycles. The smallest absolute Gasteiger partial charge is 0.236 e. The Morgan fingerprint density at radius 2 is 2.41 bits per heavy atom. The maximum Gasteiger partial charge on any atom is 0.236 e. The van der Waals surface area contributed by atoms with E-state index < -0.39 is 0 Å². The van der Waals surface area contributed by atoms with Crippen LogP contribution >= 0.6 is 0 Å². The van der Waals surface area contributed by atoms with E-state index in [-0.39, 0.29) is 18.6 Å². The molecular weight excluding hydrogens is 220 g/mol. The van der Waals surface area contributed by atoms with Crippen molar-refractivity contribution in [3.63, 3.8) is 0 Å². The summed E-state index contributed by atoms with van der Waals surface area (Å²) in [5.41, 5.74) is 6.09. The second kappa shape index (κ2) is 4.53. The SMILES string of the molecule is COc1ccc2c(c1)N(CC(N)=O)C[C@H](C)O2. The van der Waals surface area contributed by atoms with Gasteiger partial charge in [-0.1, -0.05) is 0 Å². The summed E-state index contributed by atoms with van der Waals surface area (Å²) in [5.74, 6) is 1.13. The van der Waals surface area contributed by atoms with Gasteiger partial charge in [-0.2, -0.15) is 0 Å². The molecule has 2 rings (SSSR count). The number of primary amides is 1. The van der Waals surface area contributed by atoms with Gasteiger partial charge >= 0.3 is 0 Å². The number of carbonyl (C=O) groups is 1. The lowest BCUT2D eigenvalue weighted by Crippen LogP contribution is -2.42. The van der Waals surface area contributed by atoms with Crippen molar-refractivity contribution in [1.82, 2.24) is 0 Å². The number of carbonyl (C=O) groups excluding carboxylic acids is 1. The fourth-order valence-electron chi connectivity index (χ4n) is 1.97. The summed E-state index contributed by atoms with van der Waals surface area (Å²) in [7, 11) is 1.60. The lowest BCUT2D eigenvalue weighted by molar-refractivity contribution is -0.116. The number of anilines is 1. The van der Waals surface area contributed by atoms with E-state index in [9.17, 15) is 4.79 Å². The van der Waals surface area contributed by atoms with Gasteiger partial charge in [0.25, 0.3) is 0 Å². The van der Waals surface area contributed by atoms with Gasteiger partial charge in [-0.05, 0) is 19.1 Å². The minimum atomic E-state index is -0.354. The molecule has 1 aliphatic rings. The number of rotatable bonds is 3. The summed E-state index contributed by atoms with van der Waals surface area (Å²) in [4.78, 5) is 13.0. The largest absolute Gasteiger partial charge is 0.497 e. The molecule has 1 atom stereocenters. The van der Waals surface area contributed by atoms with Crippen molar-refractivity contribution in [2.45, 2.75) is 13.0 Å². The van der Waals surface area contributed by atoms with Gasteiger partial charge in [-0.25, -0.2) is 0 Å². The minimum absolute atomic E-state index is 0.0373. The van der Waals surface area contributed by atoms with E-state index in [0.717, 1.165) is 17.2 Å². The van der Waals surface area contributed by atoms with Gasteiger partial charge in [0.2, 0.25) is 5.91 Å². The second-order valence-electron chi connectivity index (χ2n) is 4.11. The number of amides is 1. The topological polar surface area (TPSA) is 64.8 Å². The predicted octanol–water partition coefficient (Wildman–Crippen LogP) is 0.768. The number of fused-ring (bicyclic) bond motifs is 1. The van der Waals surface area contributed by atoms with E-state index in [1.54, 1.807) is 7.11 Å². The van der Waals surface area contributed by atoms with Crippen LogP contribution in [0.25, 0.3) is 0 Å². The average molecular weight is 236 g/mol. The molecule has 1 heterocycles. The van der Waals surface area contributed by atoms with Crippen LogP contribution in [0.3, 0.4) is 0 Å². The van der Waals surface area contributed by atoms with Gasteiger partial charge in [0.15, 0.2) is 0 Å². The van der Waals surface area contributed by atoms with Crippen LogP contribution < -0.4 is 20.1 Å². The van der Waals surface area contributed by atoms with Crippen LogP contribution in [-0.4, -0.2) is 32.2 Å². The molecule has 1 amide bonds. The normalized spacial score (nSPS) is 18.2. The molecule has 17 heavy (non-hydrogen) atoms. The summed E-state index contributed by atoms with van der Waals surface area (Å²) in [6.07, 6.45) is 0.0373. The molecule has 2 N–H and O–H groups in total. The zero-order chi connectivity index (χ0) is 12.4. The quantitative estimate of drug-likeness (QED) is 0.841. The molecule has 0 unspecified atom stereocenters. The van der Waals surface area contributed by atoms with Crippen molar-refractivity contribution in [3.8, 4) is 11.5 Å². The minimum Gasteiger partial charge on any atom is -0.497 e. The molecule has 92 valence electrons. The van der Waals surface area contributed by atoms with Crippen LogP contribution in [0.4, 0.5) is 5.69 Å². The molecule has 1 aliphatic heterocycles. The number of nitrogens with two attached hydrogens (primary N) is 1. The lowest BCUT2D eigenvalue weighted by Gasteiger charge is -2.34. The van der Waals surface area contributed by atoms with Crippen LogP contribution in [0.5, 0.6) is 11.5 Å². The van der Waals surface area contributed by atoms with E-state index >= 15 is 0 Å². The van der Waals surface area contributed by atoms with Crippen LogP contribution in [0.1, 0.15) is 6.92 Å². The summed E-state index contributed by atoms with van der Waals surface area (Å²) in [6.45, 7) is 2.79. The maximum absolute atomic E-state index is 11.0. The second-order valence-corrected chi connectivity index (χ2v) is 4.11. The van der Waals surface area contributed by atoms with E-state index in [1.807, 2.05) is 30.0 Å². The van der Waals surface area contributed by atoms with E-state index in [0.29, 0.717) is 6.54 Å². The fourth-order valence-corrected chi connectivity index (χ4v) is 1.97. The number of benzene rings is 1. The van der Waals surface area contributed by atoms with Gasteiger partial charge < -0.3 is 20.1 Å². The molecule has 0 radical (unpaired) electrons. The van der Waals surface area contributed by atoms with Gasteiger partial charge in [-0.15, -0.1) is 0 Å². The maximum atomic E-state index is 11.0. The first kappa shape index (κ1) is 11.6. The Morgan fingerprint density at radius 3 is 3.06 bits per heavy atom. The van der Waals surface area contributed by atoms with Crippen LogP contribution in [0.15, 0.2) is 18.2 Å². The van der Waals surface area contributed by atoms with Crippen LogP contribution in [0, 0.1) is 0 Å². The lowest BCUT2D eigenvalue weighted by atomic mass is 10.2. The van der Waals surface area contributed by atoms with Crippen LogP contribution in [0.2, 0.25) is 0 Å². The summed E-state index contributed by atoms with van der Waals surface area (Å²) in [5, 5.41) is 0. The highest BCUT2D eigenvalue weighted by atomic mass is 16.5. The molecule has 0 bridgehead atoms. The van der Waals surface area contributed by atoms with Crippen LogP contribution in [-0.2, 0) is 4.79 Å². The third-order valence-electron chi connectivity index (χ3n) is 2.66. The molecule has 0 aliphatic carbocycles. The summed E-state index contributed by atoms with van der Waals surface area (Å²) >= 11 is 0. The molecule has 1 aromatic rings. The predicted molar refractivity (Wildman–Crippen MR) is 64.5 cm³/mol. The zero-order valence-electron chi connectivity index (χ0n) is 9.97. The highest BCUT2D eigenvalue weighted by Gasteiger charge is 2.24. The van der Waals surface area contributed by atoms with Gasteiger partial charge in [0.1, 0.15) is 17.6 Å². The van der Waals surface area contributed by atoms with Gasteiger partial charge in [0, 0.05) is 6.07 Å². The number of ether oxygens (including phenoxy) is 2. The number of nitrogens with zero attached hydrogens (tertiary/aromatic N) is 1. The number of hydrogen-bond donors (Lipinski definition) is 1. The Kier molecular flexibility index (Phi) is 3.08. The van der Waals surface area contributed by atoms with Gasteiger partial charge in [-0.3, -0.25) is 4.79 Å². The van der Waals surface area contributed by atoms with Crippen molar-refractivity contribution in [2.24, 2.45) is 5.73 Å². The Bertz CT molecular complexity index is 434. The van der Waals surface area contributed by atoms with E-state index in [1.165, 1.54) is 0 Å². The fraction of sp³-hybridized carbons (Fsp3) is 0.417. The van der Waals surface area contributed by atoms with Crippen molar-refractivity contribution < 1.29 is 14.3 Å². The first-order valence-corrected chi connectivity index (χ1v) is 5.48. The molecule has 0 fully saturated rings. The van der Waals surface area contributed by atoms with Gasteiger partial charge in [0.05, 0.1) is 25.9 Å². The molecule has 5 heteroatoms. The first-order chi connectivity index (χ1) is 8.10. The monoisotopic (exact) mass is 236 g/mol.